The van der Waals surface area contributed by atoms with Crippen molar-refractivity contribution in [3.05, 3.63) is 6.42 Å². The summed E-state index contributed by atoms with van der Waals surface area (Å²) >= 11 is 0. The summed E-state index contributed by atoms with van der Waals surface area (Å²) in [5.74, 6) is 0. The van der Waals surface area contributed by atoms with Gasteiger partial charge in [-0.05, 0) is 19.4 Å². The predicted molar refractivity (Wildman–Crippen MR) is 46.7 cm³/mol. The number of hydrogen-bond donors (Lipinski definition) is 1. The van der Waals surface area contributed by atoms with Gasteiger partial charge in [-0.15, -0.1) is 0 Å². The second-order valence-electron chi connectivity index (χ2n) is 2.75. The quantitative estimate of drug-likeness (QED) is 0.543. The molecule has 0 saturated carbocycles. The Morgan fingerprint density at radius 1 is 1.00 bits per heavy atom. The van der Waals surface area contributed by atoms with E-state index in [1.165, 1.54) is 38.5 Å². The summed E-state index contributed by atoms with van der Waals surface area (Å²) < 4.78 is 0. The molecule has 0 atom stereocenters. The standard InChI is InChI=1S/C9H20N/c1-2-3-4-5-6-7-8-9-10/h2H,3-10H2,1H3. The SMILES string of the molecule is C[CH]CCCCCCCN. The van der Waals surface area contributed by atoms with Gasteiger partial charge in [-0.25, -0.2) is 0 Å². The van der Waals surface area contributed by atoms with Crippen LogP contribution in [0.5, 0.6) is 0 Å². The van der Waals surface area contributed by atoms with Crippen LogP contribution in [0.25, 0.3) is 0 Å². The maximum atomic E-state index is 5.36. The molecule has 0 aromatic heterocycles. The normalized spacial score (nSPS) is 10.2. The molecule has 0 heterocycles. The summed E-state index contributed by atoms with van der Waals surface area (Å²) in [4.78, 5) is 0. The van der Waals surface area contributed by atoms with Crippen molar-refractivity contribution in [1.82, 2.24) is 0 Å². The molecule has 2 N–H and O–H groups in total. The van der Waals surface area contributed by atoms with Crippen molar-refractivity contribution in [1.29, 1.82) is 0 Å². The van der Waals surface area contributed by atoms with Gasteiger partial charge in [0.05, 0.1) is 0 Å². The molecule has 0 bridgehead atoms. The zero-order valence-corrected chi connectivity index (χ0v) is 7.10. The van der Waals surface area contributed by atoms with E-state index in [9.17, 15) is 0 Å². The van der Waals surface area contributed by atoms with Crippen LogP contribution in [0.15, 0.2) is 0 Å². The lowest BCUT2D eigenvalue weighted by molar-refractivity contribution is 0.616. The molecule has 0 aromatic rings. The van der Waals surface area contributed by atoms with E-state index >= 15 is 0 Å². The third-order valence-corrected chi connectivity index (χ3v) is 1.70. The van der Waals surface area contributed by atoms with Crippen LogP contribution in [-0.4, -0.2) is 6.54 Å². The molecule has 0 spiro atoms. The molecule has 10 heavy (non-hydrogen) atoms. The highest BCUT2D eigenvalue weighted by Gasteiger charge is 1.87. The van der Waals surface area contributed by atoms with Gasteiger partial charge in [-0.2, -0.15) is 0 Å². The first-order valence-electron chi connectivity index (χ1n) is 4.39. The average molecular weight is 142 g/mol. The Morgan fingerprint density at radius 3 is 2.20 bits per heavy atom. The van der Waals surface area contributed by atoms with Gasteiger partial charge in [-0.1, -0.05) is 39.0 Å². The number of hydrogen-bond acceptors (Lipinski definition) is 1. The molecular formula is C9H20N. The van der Waals surface area contributed by atoms with E-state index in [2.05, 4.69) is 13.3 Å². The Kier molecular flexibility index (Phi) is 8.92. The first-order chi connectivity index (χ1) is 4.91. The summed E-state index contributed by atoms with van der Waals surface area (Å²) in [5, 5.41) is 0. The Hall–Kier alpha value is -0.0400. The van der Waals surface area contributed by atoms with Gasteiger partial charge in [0.15, 0.2) is 0 Å². The van der Waals surface area contributed by atoms with Crippen LogP contribution >= 0.6 is 0 Å². The molecule has 0 amide bonds. The molecule has 1 nitrogen and oxygen atoms in total. The minimum Gasteiger partial charge on any atom is -0.330 e. The Bertz CT molecular complexity index is 44.7. The fourth-order valence-electron chi connectivity index (χ4n) is 1.02. The molecule has 0 aliphatic rings. The summed E-state index contributed by atoms with van der Waals surface area (Å²) in [5.41, 5.74) is 5.36. The van der Waals surface area contributed by atoms with Crippen LogP contribution < -0.4 is 5.73 Å². The van der Waals surface area contributed by atoms with Crippen LogP contribution in [0, 0.1) is 6.42 Å². The van der Waals surface area contributed by atoms with Gasteiger partial charge in [0.2, 0.25) is 0 Å². The van der Waals surface area contributed by atoms with E-state index in [-0.39, 0.29) is 0 Å². The zero-order valence-electron chi connectivity index (χ0n) is 7.10. The van der Waals surface area contributed by atoms with Crippen molar-refractivity contribution in [3.8, 4) is 0 Å². The van der Waals surface area contributed by atoms with E-state index in [1.54, 1.807) is 0 Å². The van der Waals surface area contributed by atoms with Crippen LogP contribution in [0.3, 0.4) is 0 Å². The minimum atomic E-state index is 0.861. The Labute approximate surface area is 65.0 Å². The molecule has 0 saturated heterocycles. The lowest BCUT2D eigenvalue weighted by atomic mass is 10.1. The fourth-order valence-corrected chi connectivity index (χ4v) is 1.02. The Balaban J connectivity index is 2.65. The van der Waals surface area contributed by atoms with Gasteiger partial charge >= 0.3 is 0 Å². The molecular weight excluding hydrogens is 122 g/mol. The van der Waals surface area contributed by atoms with Gasteiger partial charge in [0, 0.05) is 0 Å². The number of nitrogens with two attached hydrogens (primary N) is 1. The molecule has 1 heteroatoms. The topological polar surface area (TPSA) is 26.0 Å². The molecule has 0 fully saturated rings. The van der Waals surface area contributed by atoms with Crippen LogP contribution in [0.2, 0.25) is 0 Å². The van der Waals surface area contributed by atoms with Gasteiger partial charge in [0.1, 0.15) is 0 Å². The van der Waals surface area contributed by atoms with E-state index in [0.29, 0.717) is 0 Å². The third-order valence-electron chi connectivity index (χ3n) is 1.70. The lowest BCUT2D eigenvalue weighted by Gasteiger charge is -1.97. The van der Waals surface area contributed by atoms with Gasteiger partial charge in [-0.3, -0.25) is 0 Å². The molecule has 1 radical (unpaired) electrons. The highest BCUT2D eigenvalue weighted by molar-refractivity contribution is 4.55. The summed E-state index contributed by atoms with van der Waals surface area (Å²) in [7, 11) is 0. The van der Waals surface area contributed by atoms with E-state index in [1.807, 2.05) is 0 Å². The zero-order chi connectivity index (χ0) is 7.66. The van der Waals surface area contributed by atoms with Gasteiger partial charge in [0.25, 0.3) is 0 Å². The predicted octanol–water partition coefficient (Wildman–Crippen LogP) is 2.51. The highest BCUT2D eigenvalue weighted by Crippen LogP contribution is 2.05. The van der Waals surface area contributed by atoms with Gasteiger partial charge < -0.3 is 5.73 Å². The van der Waals surface area contributed by atoms with Crippen molar-refractivity contribution in [2.75, 3.05) is 6.54 Å². The van der Waals surface area contributed by atoms with Crippen LogP contribution in [-0.2, 0) is 0 Å². The van der Waals surface area contributed by atoms with Crippen molar-refractivity contribution >= 4 is 0 Å². The first-order valence-corrected chi connectivity index (χ1v) is 4.39. The Morgan fingerprint density at radius 2 is 1.60 bits per heavy atom. The van der Waals surface area contributed by atoms with E-state index < -0.39 is 0 Å². The number of rotatable bonds is 7. The molecule has 0 aromatic carbocycles. The maximum Gasteiger partial charge on any atom is -0.00773 e. The molecule has 61 valence electrons. The maximum absolute atomic E-state index is 5.36. The summed E-state index contributed by atoms with van der Waals surface area (Å²) in [6.07, 6.45) is 10.2. The van der Waals surface area contributed by atoms with Crippen molar-refractivity contribution in [3.63, 3.8) is 0 Å². The van der Waals surface area contributed by atoms with Crippen LogP contribution in [0.4, 0.5) is 0 Å². The lowest BCUT2D eigenvalue weighted by Crippen LogP contribution is -1.97. The smallest absolute Gasteiger partial charge is 0.00773 e. The molecule has 0 unspecified atom stereocenters. The van der Waals surface area contributed by atoms with E-state index in [0.717, 1.165) is 6.54 Å². The van der Waals surface area contributed by atoms with Crippen molar-refractivity contribution < 1.29 is 0 Å². The second-order valence-corrected chi connectivity index (χ2v) is 2.75. The van der Waals surface area contributed by atoms with Crippen molar-refractivity contribution in [2.24, 2.45) is 5.73 Å². The fraction of sp³-hybridized carbons (Fsp3) is 0.889. The molecule has 0 aliphatic carbocycles. The third kappa shape index (κ3) is 7.96. The highest BCUT2D eigenvalue weighted by atomic mass is 14.5. The van der Waals surface area contributed by atoms with E-state index in [4.69, 9.17) is 5.73 Å². The summed E-state index contributed by atoms with van der Waals surface area (Å²) in [6.45, 7) is 2.99. The average Bonchev–Trinajstić information content (AvgIpc) is 1.97. The molecule has 0 rings (SSSR count). The summed E-state index contributed by atoms with van der Waals surface area (Å²) in [6, 6.07) is 0. The van der Waals surface area contributed by atoms with Crippen molar-refractivity contribution in [2.45, 2.75) is 45.4 Å². The van der Waals surface area contributed by atoms with Crippen LogP contribution in [0.1, 0.15) is 45.4 Å². The minimum absolute atomic E-state index is 0.861. The monoisotopic (exact) mass is 142 g/mol. The first kappa shape index (κ1) is 9.96. The number of unbranched alkanes of at least 4 members (excludes halogenated alkanes) is 6. The second kappa shape index (κ2) is 8.96. The molecule has 0 aliphatic heterocycles. The largest absolute Gasteiger partial charge is 0.330 e.